The molecular formula is C19H28N2O3S. The first-order chi connectivity index (χ1) is 11.8. The highest BCUT2D eigenvalue weighted by Crippen LogP contribution is 2.31. The molecule has 1 aliphatic carbocycles. The molecule has 0 bridgehead atoms. The smallest absolute Gasteiger partial charge is 0.219 e. The van der Waals surface area contributed by atoms with Crippen molar-refractivity contribution < 1.29 is 13.2 Å². The highest BCUT2D eigenvalue weighted by molar-refractivity contribution is 7.90. The molecule has 0 N–H and O–H groups in total. The molecule has 0 spiro atoms. The maximum atomic E-state index is 12.0. The number of hydrogen-bond donors (Lipinski definition) is 0. The van der Waals surface area contributed by atoms with Crippen LogP contribution in [0, 0.1) is 5.92 Å². The number of rotatable bonds is 6. The van der Waals surface area contributed by atoms with Crippen molar-refractivity contribution in [2.75, 3.05) is 25.9 Å². The van der Waals surface area contributed by atoms with Crippen LogP contribution in [-0.4, -0.2) is 56.1 Å². The Kier molecular flexibility index (Phi) is 5.49. The quantitative estimate of drug-likeness (QED) is 0.777. The van der Waals surface area contributed by atoms with Crippen molar-refractivity contribution in [2.45, 2.75) is 50.1 Å². The van der Waals surface area contributed by atoms with E-state index in [9.17, 15) is 13.2 Å². The lowest BCUT2D eigenvalue weighted by molar-refractivity contribution is -0.132. The summed E-state index contributed by atoms with van der Waals surface area (Å²) in [6.45, 7) is 5.04. The Bertz CT molecular complexity index is 720. The third-order valence-electron chi connectivity index (χ3n) is 5.32. The summed E-state index contributed by atoms with van der Waals surface area (Å²) in [5.74, 6) is 0.899. The maximum absolute atomic E-state index is 12.0. The molecule has 2 fully saturated rings. The van der Waals surface area contributed by atoms with Gasteiger partial charge in [-0.25, -0.2) is 8.42 Å². The van der Waals surface area contributed by atoms with Crippen molar-refractivity contribution in [3.8, 4) is 0 Å². The second kappa shape index (κ2) is 7.46. The number of benzene rings is 1. The van der Waals surface area contributed by atoms with Gasteiger partial charge in [0.05, 0.1) is 4.90 Å². The van der Waals surface area contributed by atoms with Crippen LogP contribution in [-0.2, 0) is 21.2 Å². The molecule has 1 saturated carbocycles. The second-order valence-corrected chi connectivity index (χ2v) is 9.49. The van der Waals surface area contributed by atoms with E-state index in [1.165, 1.54) is 19.1 Å². The predicted octanol–water partition coefficient (Wildman–Crippen LogP) is 2.31. The summed E-state index contributed by atoms with van der Waals surface area (Å²) in [5, 5.41) is 0. The molecular weight excluding hydrogens is 336 g/mol. The van der Waals surface area contributed by atoms with E-state index >= 15 is 0 Å². The molecule has 0 unspecified atom stereocenters. The Labute approximate surface area is 150 Å². The average Bonchev–Trinajstić information content (AvgIpc) is 3.37. The van der Waals surface area contributed by atoms with Gasteiger partial charge in [-0.3, -0.25) is 9.69 Å². The van der Waals surface area contributed by atoms with Crippen LogP contribution in [0.5, 0.6) is 0 Å². The molecule has 2 aliphatic rings. The summed E-state index contributed by atoms with van der Waals surface area (Å²) < 4.78 is 23.9. The molecule has 1 amide bonds. The van der Waals surface area contributed by atoms with Gasteiger partial charge in [0, 0.05) is 45.4 Å². The van der Waals surface area contributed by atoms with E-state index in [0.717, 1.165) is 38.0 Å². The number of sulfone groups is 1. The highest BCUT2D eigenvalue weighted by Gasteiger charge is 2.31. The van der Waals surface area contributed by atoms with Crippen LogP contribution in [0.4, 0.5) is 0 Å². The van der Waals surface area contributed by atoms with Crippen molar-refractivity contribution in [3.05, 3.63) is 29.8 Å². The van der Waals surface area contributed by atoms with E-state index in [1.807, 2.05) is 12.1 Å². The molecule has 138 valence electrons. The summed E-state index contributed by atoms with van der Waals surface area (Å²) in [6, 6.07) is 7.58. The highest BCUT2D eigenvalue weighted by atomic mass is 32.2. The van der Waals surface area contributed by atoms with E-state index in [1.54, 1.807) is 19.1 Å². The molecule has 1 aromatic carbocycles. The van der Waals surface area contributed by atoms with E-state index in [-0.39, 0.29) is 5.91 Å². The van der Waals surface area contributed by atoms with Gasteiger partial charge in [-0.05, 0) is 43.2 Å². The van der Waals surface area contributed by atoms with Gasteiger partial charge < -0.3 is 4.90 Å². The standard InChI is InChI=1S/C19H28N2O3S/c1-15(22)21(13-16-7-8-16)18-9-11-20(12-10-18)14-17-5-3-4-6-19(17)25(2,23)24/h3-6,16,18H,7-14H2,1-2H3. The minimum Gasteiger partial charge on any atom is -0.340 e. The van der Waals surface area contributed by atoms with Crippen LogP contribution >= 0.6 is 0 Å². The number of piperidine rings is 1. The molecule has 1 aromatic rings. The summed E-state index contributed by atoms with van der Waals surface area (Å²) in [7, 11) is -3.21. The number of amides is 1. The van der Waals surface area contributed by atoms with Crippen LogP contribution in [0.3, 0.4) is 0 Å². The van der Waals surface area contributed by atoms with Gasteiger partial charge in [0.1, 0.15) is 0 Å². The molecule has 0 atom stereocenters. The average molecular weight is 365 g/mol. The van der Waals surface area contributed by atoms with Crippen LogP contribution in [0.1, 0.15) is 38.2 Å². The van der Waals surface area contributed by atoms with Gasteiger partial charge >= 0.3 is 0 Å². The lowest BCUT2D eigenvalue weighted by atomic mass is 10.0. The fourth-order valence-corrected chi connectivity index (χ4v) is 4.67. The first-order valence-corrected chi connectivity index (χ1v) is 11.0. The minimum absolute atomic E-state index is 0.188. The molecule has 3 rings (SSSR count). The Morgan fingerprint density at radius 2 is 1.80 bits per heavy atom. The third kappa shape index (κ3) is 4.82. The van der Waals surface area contributed by atoms with Crippen molar-refractivity contribution in [2.24, 2.45) is 5.92 Å². The van der Waals surface area contributed by atoms with Crippen LogP contribution < -0.4 is 0 Å². The summed E-state index contributed by atoms with van der Waals surface area (Å²) in [5.41, 5.74) is 0.866. The lowest BCUT2D eigenvalue weighted by Gasteiger charge is -2.38. The van der Waals surface area contributed by atoms with Gasteiger partial charge in [-0.1, -0.05) is 18.2 Å². The fourth-order valence-electron chi connectivity index (χ4n) is 3.74. The van der Waals surface area contributed by atoms with E-state index in [0.29, 0.717) is 23.4 Å². The molecule has 1 heterocycles. The van der Waals surface area contributed by atoms with Gasteiger partial charge in [-0.2, -0.15) is 0 Å². The van der Waals surface area contributed by atoms with Gasteiger partial charge in [0.2, 0.25) is 5.91 Å². The molecule has 6 heteroatoms. The first-order valence-electron chi connectivity index (χ1n) is 9.12. The third-order valence-corrected chi connectivity index (χ3v) is 6.52. The molecule has 1 saturated heterocycles. The number of nitrogens with zero attached hydrogens (tertiary/aromatic N) is 2. The van der Waals surface area contributed by atoms with Crippen molar-refractivity contribution in [3.63, 3.8) is 0 Å². The minimum atomic E-state index is -3.21. The Morgan fingerprint density at radius 1 is 1.16 bits per heavy atom. The van der Waals surface area contributed by atoms with Crippen molar-refractivity contribution in [1.82, 2.24) is 9.80 Å². The lowest BCUT2D eigenvalue weighted by Crippen LogP contribution is -2.47. The van der Waals surface area contributed by atoms with E-state index in [4.69, 9.17) is 0 Å². The summed E-state index contributed by atoms with van der Waals surface area (Å²) in [4.78, 5) is 16.8. The second-order valence-electron chi connectivity index (χ2n) is 7.50. The number of carbonyl (C=O) groups excluding carboxylic acids is 1. The zero-order chi connectivity index (χ0) is 18.0. The van der Waals surface area contributed by atoms with Gasteiger partial charge in [-0.15, -0.1) is 0 Å². The zero-order valence-corrected chi connectivity index (χ0v) is 16.0. The normalized spacial score (nSPS) is 19.8. The van der Waals surface area contributed by atoms with Gasteiger partial charge in [0.25, 0.3) is 0 Å². The summed E-state index contributed by atoms with van der Waals surface area (Å²) >= 11 is 0. The van der Waals surface area contributed by atoms with Gasteiger partial charge in [0.15, 0.2) is 9.84 Å². The van der Waals surface area contributed by atoms with Crippen LogP contribution in [0.25, 0.3) is 0 Å². The number of likely N-dealkylation sites (tertiary alicyclic amines) is 1. The Balaban J connectivity index is 1.60. The van der Waals surface area contributed by atoms with Crippen molar-refractivity contribution >= 4 is 15.7 Å². The number of hydrogen-bond acceptors (Lipinski definition) is 4. The topological polar surface area (TPSA) is 57.7 Å². The predicted molar refractivity (Wildman–Crippen MR) is 98.0 cm³/mol. The van der Waals surface area contributed by atoms with E-state index < -0.39 is 9.84 Å². The Morgan fingerprint density at radius 3 is 2.36 bits per heavy atom. The molecule has 0 aromatic heterocycles. The Hall–Kier alpha value is -1.40. The zero-order valence-electron chi connectivity index (χ0n) is 15.1. The van der Waals surface area contributed by atoms with Crippen LogP contribution in [0.2, 0.25) is 0 Å². The van der Waals surface area contributed by atoms with Crippen LogP contribution in [0.15, 0.2) is 29.2 Å². The fraction of sp³-hybridized carbons (Fsp3) is 0.632. The SMILES string of the molecule is CC(=O)N(CC1CC1)C1CCN(Cc2ccccc2S(C)(=O)=O)CC1. The molecule has 1 aliphatic heterocycles. The molecule has 25 heavy (non-hydrogen) atoms. The van der Waals surface area contributed by atoms with E-state index in [2.05, 4.69) is 9.80 Å². The maximum Gasteiger partial charge on any atom is 0.219 e. The molecule has 0 radical (unpaired) electrons. The largest absolute Gasteiger partial charge is 0.340 e. The number of carbonyl (C=O) groups is 1. The first kappa shape index (κ1) is 18.4. The molecule has 5 nitrogen and oxygen atoms in total. The monoisotopic (exact) mass is 364 g/mol. The summed E-state index contributed by atoms with van der Waals surface area (Å²) in [6.07, 6.45) is 5.71. The van der Waals surface area contributed by atoms with Crippen molar-refractivity contribution in [1.29, 1.82) is 0 Å².